The average Bonchev–Trinajstić information content (AvgIpc) is 3.67. The highest BCUT2D eigenvalue weighted by molar-refractivity contribution is 6.01. The molecule has 4 heterocycles. The van der Waals surface area contributed by atoms with Crippen molar-refractivity contribution in [2.45, 2.75) is 25.9 Å². The summed E-state index contributed by atoms with van der Waals surface area (Å²) in [5.74, 6) is 1.18. The SMILES string of the molecule is CCN1CCN(c2ccc3c(c2)ncn3-c2ccnc(N[C@H](C)[C@H]3CN(C(=O)Nc4cccc5ccccc45)CCN3C)n2)C1=O. The molecule has 0 spiro atoms. The first-order chi connectivity index (χ1) is 22.4. The monoisotopic (exact) mass is 618 g/mol. The van der Waals surface area contributed by atoms with Crippen LogP contribution in [0.3, 0.4) is 0 Å². The molecule has 46 heavy (non-hydrogen) atoms. The Morgan fingerprint density at radius 2 is 1.85 bits per heavy atom. The van der Waals surface area contributed by atoms with Crippen molar-refractivity contribution >= 4 is 51.2 Å². The number of urea groups is 2. The number of nitrogens with zero attached hydrogens (tertiary/aromatic N) is 8. The first-order valence-corrected chi connectivity index (χ1v) is 15.8. The average molecular weight is 619 g/mol. The van der Waals surface area contributed by atoms with Gasteiger partial charge in [-0.1, -0.05) is 36.4 Å². The molecule has 3 aromatic carbocycles. The van der Waals surface area contributed by atoms with E-state index in [1.807, 2.05) is 88.0 Å². The van der Waals surface area contributed by atoms with Crippen molar-refractivity contribution in [3.63, 3.8) is 0 Å². The normalized spacial score (nSPS) is 18.0. The van der Waals surface area contributed by atoms with Crippen molar-refractivity contribution in [1.82, 2.24) is 34.2 Å². The van der Waals surface area contributed by atoms with E-state index in [-0.39, 0.29) is 24.1 Å². The van der Waals surface area contributed by atoms with Crippen LogP contribution in [0.25, 0.3) is 27.6 Å². The second-order valence-electron chi connectivity index (χ2n) is 11.9. The molecule has 0 saturated carbocycles. The zero-order valence-electron chi connectivity index (χ0n) is 26.3. The van der Waals surface area contributed by atoms with Gasteiger partial charge in [-0.15, -0.1) is 0 Å². The van der Waals surface area contributed by atoms with Gasteiger partial charge in [0.05, 0.1) is 16.7 Å². The van der Waals surface area contributed by atoms with Gasteiger partial charge in [0.2, 0.25) is 5.95 Å². The fraction of sp³-hybridized carbons (Fsp3) is 0.324. The van der Waals surface area contributed by atoms with Gasteiger partial charge in [-0.05, 0) is 56.6 Å². The number of hydrogen-bond donors (Lipinski definition) is 2. The van der Waals surface area contributed by atoms with Crippen LogP contribution in [-0.4, -0.2) is 105 Å². The molecule has 2 saturated heterocycles. The standard InChI is InChI=1S/C34H38N10O2/c1-4-41-18-19-43(34(41)46)25-12-13-29-28(20-25)36-22-44(29)31-14-15-35-32(39-31)37-23(2)30-21-42(17-16-40(30)3)33(45)38-27-11-7-9-24-8-5-6-10-26(24)27/h5-15,20,22-23,30H,4,16-19,21H2,1-3H3,(H,38,45)(H,35,37,39)/t23-,30-/m1/s1. The van der Waals surface area contributed by atoms with Gasteiger partial charge in [0.15, 0.2) is 0 Å². The summed E-state index contributed by atoms with van der Waals surface area (Å²) < 4.78 is 1.92. The van der Waals surface area contributed by atoms with Crippen LogP contribution in [0.5, 0.6) is 0 Å². The summed E-state index contributed by atoms with van der Waals surface area (Å²) in [4.78, 5) is 47.8. The van der Waals surface area contributed by atoms with Crippen molar-refractivity contribution in [3.05, 3.63) is 79.3 Å². The van der Waals surface area contributed by atoms with Gasteiger partial charge in [-0.2, -0.15) is 4.98 Å². The van der Waals surface area contributed by atoms with Crippen LogP contribution < -0.4 is 15.5 Å². The first-order valence-electron chi connectivity index (χ1n) is 15.8. The van der Waals surface area contributed by atoms with Crippen molar-refractivity contribution in [1.29, 1.82) is 0 Å². The van der Waals surface area contributed by atoms with Gasteiger partial charge in [-0.25, -0.2) is 19.6 Å². The Balaban J connectivity index is 1.04. The molecule has 2 fully saturated rings. The molecule has 2 aromatic heterocycles. The Bertz CT molecular complexity index is 1900. The number of anilines is 3. The molecule has 12 heteroatoms. The second kappa shape index (κ2) is 12.3. The zero-order chi connectivity index (χ0) is 31.8. The molecule has 2 aliphatic rings. The minimum Gasteiger partial charge on any atom is -0.350 e. The highest BCUT2D eigenvalue weighted by atomic mass is 16.2. The molecule has 236 valence electrons. The van der Waals surface area contributed by atoms with Gasteiger partial charge < -0.3 is 20.4 Å². The number of fused-ring (bicyclic) bond motifs is 2. The molecular formula is C34H38N10O2. The van der Waals surface area contributed by atoms with E-state index in [0.717, 1.165) is 46.3 Å². The minimum absolute atomic E-state index is 0.0269. The van der Waals surface area contributed by atoms with Crippen LogP contribution in [0, 0.1) is 0 Å². The van der Waals surface area contributed by atoms with Gasteiger partial charge >= 0.3 is 12.1 Å². The Kier molecular flexibility index (Phi) is 7.87. The maximum Gasteiger partial charge on any atom is 0.324 e. The fourth-order valence-corrected chi connectivity index (χ4v) is 6.47. The van der Waals surface area contributed by atoms with Crippen LogP contribution >= 0.6 is 0 Å². The van der Waals surface area contributed by atoms with E-state index in [9.17, 15) is 9.59 Å². The number of benzene rings is 3. The topological polar surface area (TPSA) is 115 Å². The van der Waals surface area contributed by atoms with E-state index in [1.165, 1.54) is 0 Å². The number of aromatic nitrogens is 4. The third-order valence-corrected chi connectivity index (χ3v) is 9.16. The van der Waals surface area contributed by atoms with Crippen molar-refractivity contribution in [3.8, 4) is 5.82 Å². The van der Waals surface area contributed by atoms with E-state index in [2.05, 4.69) is 39.5 Å². The molecule has 0 bridgehead atoms. The van der Waals surface area contributed by atoms with Crippen molar-refractivity contribution in [2.24, 2.45) is 0 Å². The van der Waals surface area contributed by atoms with E-state index >= 15 is 0 Å². The van der Waals surface area contributed by atoms with E-state index < -0.39 is 0 Å². The summed E-state index contributed by atoms with van der Waals surface area (Å²) >= 11 is 0. The predicted octanol–water partition coefficient (Wildman–Crippen LogP) is 4.88. The molecule has 0 unspecified atom stereocenters. The molecule has 4 amide bonds. The molecule has 2 aliphatic heterocycles. The van der Waals surface area contributed by atoms with Gasteiger partial charge in [-0.3, -0.25) is 14.4 Å². The summed E-state index contributed by atoms with van der Waals surface area (Å²) in [5, 5.41) is 8.73. The lowest BCUT2D eigenvalue weighted by Crippen LogP contribution is -2.59. The Morgan fingerprint density at radius 3 is 2.70 bits per heavy atom. The maximum absolute atomic E-state index is 13.4. The molecule has 0 aliphatic carbocycles. The number of carbonyl (C=O) groups is 2. The summed E-state index contributed by atoms with van der Waals surface area (Å²) in [6.07, 6.45) is 3.48. The minimum atomic E-state index is -0.105. The van der Waals surface area contributed by atoms with Crippen molar-refractivity contribution < 1.29 is 9.59 Å². The fourth-order valence-electron chi connectivity index (χ4n) is 6.47. The van der Waals surface area contributed by atoms with Crippen LogP contribution in [0.15, 0.2) is 79.3 Å². The number of piperazine rings is 1. The lowest BCUT2D eigenvalue weighted by molar-refractivity contribution is 0.108. The predicted molar refractivity (Wildman–Crippen MR) is 181 cm³/mol. The highest BCUT2D eigenvalue weighted by Gasteiger charge is 2.32. The maximum atomic E-state index is 13.4. The third kappa shape index (κ3) is 5.56. The largest absolute Gasteiger partial charge is 0.350 e. The summed E-state index contributed by atoms with van der Waals surface area (Å²) in [6, 6.07) is 21.7. The van der Waals surface area contributed by atoms with E-state index in [1.54, 1.807) is 17.4 Å². The molecular weight excluding hydrogens is 580 g/mol. The third-order valence-electron chi connectivity index (χ3n) is 9.16. The molecule has 2 atom stereocenters. The van der Waals surface area contributed by atoms with E-state index in [0.29, 0.717) is 37.9 Å². The number of imidazole rings is 1. The molecule has 12 nitrogen and oxygen atoms in total. The molecule has 2 N–H and O–H groups in total. The molecule has 7 rings (SSSR count). The van der Waals surface area contributed by atoms with Crippen LogP contribution in [-0.2, 0) is 0 Å². The number of rotatable bonds is 7. The quantitative estimate of drug-likeness (QED) is 0.267. The Hall–Kier alpha value is -5.23. The zero-order valence-corrected chi connectivity index (χ0v) is 26.3. The van der Waals surface area contributed by atoms with Crippen LogP contribution in [0.1, 0.15) is 13.8 Å². The highest BCUT2D eigenvalue weighted by Crippen LogP contribution is 2.27. The first kappa shape index (κ1) is 29.5. The lowest BCUT2D eigenvalue weighted by Gasteiger charge is -2.42. The number of likely N-dealkylation sites (N-methyl/N-ethyl adjacent to an activating group) is 2. The lowest BCUT2D eigenvalue weighted by atomic mass is 10.1. The molecule has 5 aromatic rings. The second-order valence-corrected chi connectivity index (χ2v) is 11.9. The van der Waals surface area contributed by atoms with Gasteiger partial charge in [0, 0.05) is 68.6 Å². The number of amides is 4. The number of carbonyl (C=O) groups excluding carboxylic acids is 2. The van der Waals surface area contributed by atoms with Crippen LogP contribution in [0.2, 0.25) is 0 Å². The number of nitrogens with one attached hydrogen (secondary N) is 2. The smallest absolute Gasteiger partial charge is 0.324 e. The van der Waals surface area contributed by atoms with Gasteiger partial charge in [0.1, 0.15) is 12.1 Å². The summed E-state index contributed by atoms with van der Waals surface area (Å²) in [6.45, 7) is 8.13. The summed E-state index contributed by atoms with van der Waals surface area (Å²) in [7, 11) is 2.08. The van der Waals surface area contributed by atoms with E-state index in [4.69, 9.17) is 4.98 Å². The molecule has 0 radical (unpaired) electrons. The Morgan fingerprint density at radius 1 is 1.00 bits per heavy atom. The number of hydrogen-bond acceptors (Lipinski definition) is 7. The summed E-state index contributed by atoms with van der Waals surface area (Å²) in [5.41, 5.74) is 3.33. The van der Waals surface area contributed by atoms with Crippen molar-refractivity contribution in [2.75, 3.05) is 61.8 Å². The van der Waals surface area contributed by atoms with Gasteiger partial charge in [0.25, 0.3) is 0 Å². The Labute approximate surface area is 267 Å². The van der Waals surface area contributed by atoms with Crippen LogP contribution in [0.4, 0.5) is 26.9 Å².